The van der Waals surface area contributed by atoms with Crippen molar-refractivity contribution in [3.8, 4) is 0 Å². The summed E-state index contributed by atoms with van der Waals surface area (Å²) in [5, 5.41) is 0.483. The number of anilines is 1. The fourth-order valence-electron chi connectivity index (χ4n) is 3.22. The number of hydrogen-bond donors (Lipinski definition) is 0. The molecule has 0 saturated carbocycles. The van der Waals surface area contributed by atoms with E-state index >= 15 is 0 Å². The molecule has 154 valence electrons. The average Bonchev–Trinajstić information content (AvgIpc) is 3.33. The lowest BCUT2D eigenvalue weighted by atomic mass is 10.0. The van der Waals surface area contributed by atoms with E-state index in [1.165, 1.54) is 23.7 Å². The van der Waals surface area contributed by atoms with Crippen molar-refractivity contribution in [2.24, 2.45) is 0 Å². The number of carbonyl (C=O) groups excluding carboxylic acids is 1. The van der Waals surface area contributed by atoms with E-state index < -0.39 is 9.84 Å². The zero-order chi connectivity index (χ0) is 21.5. The van der Waals surface area contributed by atoms with Crippen molar-refractivity contribution >= 4 is 42.4 Å². The monoisotopic (exact) mass is 440 g/mol. The molecule has 0 radical (unpaired) electrons. The van der Waals surface area contributed by atoms with Crippen molar-refractivity contribution in [3.63, 3.8) is 0 Å². The highest BCUT2D eigenvalue weighted by Gasteiger charge is 2.24. The molecule has 4 rings (SSSR count). The normalized spacial score (nSPS) is 11.7. The standard InChI is InChI=1S/C22H20N2O4S2/c1-14-6-8-18(15(2)11-14)21(25)24(13-16-5-4-10-28-16)22-23-19-9-7-17(30(3,26)27)12-20(19)29-22/h4-12H,13H2,1-3H3. The van der Waals surface area contributed by atoms with Gasteiger partial charge in [-0.3, -0.25) is 9.69 Å². The highest BCUT2D eigenvalue weighted by molar-refractivity contribution is 7.90. The topological polar surface area (TPSA) is 80.5 Å². The van der Waals surface area contributed by atoms with Crippen molar-refractivity contribution in [1.82, 2.24) is 4.98 Å². The maximum Gasteiger partial charge on any atom is 0.260 e. The predicted octanol–water partition coefficient (Wildman–Crippen LogP) is 4.76. The summed E-state index contributed by atoms with van der Waals surface area (Å²) in [4.78, 5) is 19.9. The largest absolute Gasteiger partial charge is 0.467 e. The van der Waals surface area contributed by atoms with Crippen molar-refractivity contribution in [2.75, 3.05) is 11.2 Å². The molecule has 0 aliphatic heterocycles. The average molecular weight is 441 g/mol. The van der Waals surface area contributed by atoms with E-state index in [1.54, 1.807) is 35.4 Å². The third kappa shape index (κ3) is 4.01. The van der Waals surface area contributed by atoms with Crippen LogP contribution in [0.4, 0.5) is 5.13 Å². The van der Waals surface area contributed by atoms with Crippen LogP contribution in [0.1, 0.15) is 27.2 Å². The number of aryl methyl sites for hydroxylation is 2. The number of furan rings is 1. The molecule has 0 N–H and O–H groups in total. The lowest BCUT2D eigenvalue weighted by molar-refractivity contribution is 0.0982. The van der Waals surface area contributed by atoms with Crippen molar-refractivity contribution in [1.29, 1.82) is 0 Å². The summed E-state index contributed by atoms with van der Waals surface area (Å²) in [5.41, 5.74) is 3.18. The van der Waals surface area contributed by atoms with Crippen molar-refractivity contribution in [3.05, 3.63) is 77.2 Å². The van der Waals surface area contributed by atoms with Crippen LogP contribution in [0.25, 0.3) is 10.2 Å². The Hall–Kier alpha value is -2.97. The van der Waals surface area contributed by atoms with Gasteiger partial charge in [0.1, 0.15) is 5.76 Å². The summed E-state index contributed by atoms with van der Waals surface area (Å²) in [6.07, 6.45) is 2.73. The van der Waals surface area contributed by atoms with Gasteiger partial charge in [0.25, 0.3) is 5.91 Å². The zero-order valence-corrected chi connectivity index (χ0v) is 18.4. The first-order valence-electron chi connectivity index (χ1n) is 9.24. The summed E-state index contributed by atoms with van der Waals surface area (Å²) >= 11 is 1.28. The Bertz CT molecular complexity index is 1340. The highest BCUT2D eigenvalue weighted by Crippen LogP contribution is 2.32. The molecule has 0 spiro atoms. The van der Waals surface area contributed by atoms with Crippen LogP contribution in [0.5, 0.6) is 0 Å². The number of amides is 1. The van der Waals surface area contributed by atoms with Crippen LogP contribution in [-0.2, 0) is 16.4 Å². The maximum absolute atomic E-state index is 13.5. The van der Waals surface area contributed by atoms with Crippen LogP contribution in [0.3, 0.4) is 0 Å². The third-order valence-electron chi connectivity index (χ3n) is 4.76. The number of rotatable bonds is 5. The van der Waals surface area contributed by atoms with Gasteiger partial charge in [0.15, 0.2) is 15.0 Å². The number of benzene rings is 2. The molecule has 0 fully saturated rings. The number of hydrogen-bond acceptors (Lipinski definition) is 6. The minimum atomic E-state index is -3.33. The number of thiazole rings is 1. The summed E-state index contributed by atoms with van der Waals surface area (Å²) in [6.45, 7) is 4.11. The molecule has 0 saturated heterocycles. The fraction of sp³-hybridized carbons (Fsp3) is 0.182. The van der Waals surface area contributed by atoms with Gasteiger partial charge in [-0.1, -0.05) is 29.0 Å². The number of fused-ring (bicyclic) bond motifs is 1. The predicted molar refractivity (Wildman–Crippen MR) is 118 cm³/mol. The molecule has 0 bridgehead atoms. The number of carbonyl (C=O) groups is 1. The van der Waals surface area contributed by atoms with Gasteiger partial charge < -0.3 is 4.42 Å². The van der Waals surface area contributed by atoms with Crippen LogP contribution >= 0.6 is 11.3 Å². The van der Waals surface area contributed by atoms with Crippen molar-refractivity contribution < 1.29 is 17.6 Å². The van der Waals surface area contributed by atoms with E-state index in [0.717, 1.165) is 11.1 Å². The maximum atomic E-state index is 13.5. The summed E-state index contributed by atoms with van der Waals surface area (Å²) in [7, 11) is -3.33. The molecule has 1 amide bonds. The van der Waals surface area contributed by atoms with Gasteiger partial charge in [0.2, 0.25) is 0 Å². The Morgan fingerprint density at radius 3 is 2.60 bits per heavy atom. The number of sulfone groups is 1. The van der Waals surface area contributed by atoms with Gasteiger partial charge in [0, 0.05) is 11.8 Å². The van der Waals surface area contributed by atoms with Gasteiger partial charge in [-0.15, -0.1) is 0 Å². The van der Waals surface area contributed by atoms with Crippen LogP contribution in [0.15, 0.2) is 64.1 Å². The Labute approximate surface area is 178 Å². The van der Waals surface area contributed by atoms with Crippen molar-refractivity contribution in [2.45, 2.75) is 25.3 Å². The van der Waals surface area contributed by atoms with E-state index in [9.17, 15) is 13.2 Å². The Morgan fingerprint density at radius 2 is 1.93 bits per heavy atom. The first-order valence-corrected chi connectivity index (χ1v) is 12.0. The van der Waals surface area contributed by atoms with E-state index in [0.29, 0.717) is 26.7 Å². The quantitative estimate of drug-likeness (QED) is 0.447. The number of aromatic nitrogens is 1. The minimum absolute atomic E-state index is 0.189. The molecule has 0 atom stereocenters. The van der Waals surface area contributed by atoms with Gasteiger partial charge in [0.05, 0.1) is 27.9 Å². The summed E-state index contributed by atoms with van der Waals surface area (Å²) in [6, 6.07) is 14.1. The Morgan fingerprint density at radius 1 is 1.13 bits per heavy atom. The molecule has 2 heterocycles. The number of nitrogens with zero attached hydrogens (tertiary/aromatic N) is 2. The first kappa shape index (κ1) is 20.3. The highest BCUT2D eigenvalue weighted by atomic mass is 32.2. The molecule has 2 aromatic heterocycles. The lowest BCUT2D eigenvalue weighted by Crippen LogP contribution is -2.30. The molecule has 6 nitrogen and oxygen atoms in total. The van der Waals surface area contributed by atoms with Gasteiger partial charge in [-0.25, -0.2) is 13.4 Å². The molecule has 2 aromatic carbocycles. The molecular weight excluding hydrogens is 420 g/mol. The van der Waals surface area contributed by atoms with Crippen LogP contribution in [0.2, 0.25) is 0 Å². The molecule has 8 heteroatoms. The minimum Gasteiger partial charge on any atom is -0.467 e. The Balaban J connectivity index is 1.80. The van der Waals surface area contributed by atoms with E-state index in [1.807, 2.05) is 32.0 Å². The van der Waals surface area contributed by atoms with E-state index in [2.05, 4.69) is 4.98 Å². The van der Waals surface area contributed by atoms with Gasteiger partial charge in [-0.05, 0) is 55.8 Å². The van der Waals surface area contributed by atoms with E-state index in [-0.39, 0.29) is 17.3 Å². The summed E-state index contributed by atoms with van der Waals surface area (Å²) < 4.78 is 30.0. The second-order valence-corrected chi connectivity index (χ2v) is 10.2. The molecule has 0 unspecified atom stereocenters. The second kappa shape index (κ2) is 7.70. The second-order valence-electron chi connectivity index (χ2n) is 7.19. The third-order valence-corrected chi connectivity index (χ3v) is 6.91. The SMILES string of the molecule is Cc1ccc(C(=O)N(Cc2ccco2)c2nc3ccc(S(C)(=O)=O)cc3s2)c(C)c1. The first-order chi connectivity index (χ1) is 14.2. The van der Waals surface area contributed by atoms with Crippen LogP contribution in [-0.4, -0.2) is 25.6 Å². The van der Waals surface area contributed by atoms with E-state index in [4.69, 9.17) is 4.42 Å². The summed E-state index contributed by atoms with van der Waals surface area (Å²) in [5.74, 6) is 0.440. The molecule has 30 heavy (non-hydrogen) atoms. The smallest absolute Gasteiger partial charge is 0.260 e. The molecule has 0 aliphatic rings. The Kier molecular flexibility index (Phi) is 5.21. The molecular formula is C22H20N2O4S2. The zero-order valence-electron chi connectivity index (χ0n) is 16.7. The van der Waals surface area contributed by atoms with Gasteiger partial charge >= 0.3 is 0 Å². The van der Waals surface area contributed by atoms with Gasteiger partial charge in [-0.2, -0.15) is 0 Å². The molecule has 0 aliphatic carbocycles. The molecule has 4 aromatic rings. The fourth-order valence-corrected chi connectivity index (χ4v) is 4.95. The lowest BCUT2D eigenvalue weighted by Gasteiger charge is -2.20. The van der Waals surface area contributed by atoms with Crippen LogP contribution < -0.4 is 4.90 Å². The van der Waals surface area contributed by atoms with Crippen LogP contribution in [0, 0.1) is 13.8 Å².